The van der Waals surface area contributed by atoms with Gasteiger partial charge in [-0.3, -0.25) is 4.79 Å². The van der Waals surface area contributed by atoms with Gasteiger partial charge in [0.2, 0.25) is 5.91 Å². The van der Waals surface area contributed by atoms with E-state index in [1.54, 1.807) is 24.3 Å². The Kier molecular flexibility index (Phi) is 3.13. The lowest BCUT2D eigenvalue weighted by Gasteiger charge is -2.09. The van der Waals surface area contributed by atoms with Crippen LogP contribution in [0.5, 0.6) is 0 Å². The summed E-state index contributed by atoms with van der Waals surface area (Å²) in [6.45, 7) is 2.04. The first-order valence-corrected chi connectivity index (χ1v) is 5.61. The van der Waals surface area contributed by atoms with Crippen molar-refractivity contribution in [2.45, 2.75) is 13.3 Å². The van der Waals surface area contributed by atoms with E-state index in [1.807, 2.05) is 6.92 Å². The molecule has 1 saturated carbocycles. The Labute approximate surface area is 100.0 Å². The summed E-state index contributed by atoms with van der Waals surface area (Å²) >= 11 is 0. The Hall–Kier alpha value is -1.84. The molecule has 0 unspecified atom stereocenters. The average molecular weight is 233 g/mol. The van der Waals surface area contributed by atoms with Crippen molar-refractivity contribution in [1.29, 1.82) is 0 Å². The normalized spacial score (nSPS) is 21.8. The standard InChI is InChI=1S/C13H15NO3/c1-8-7-10(8)12(15)14-11-6-4-3-5-9(11)13(16)17-2/h3-6,8,10H,7H2,1-2H3,(H,14,15)/t8-,10+/m1/s1. The third-order valence-electron chi connectivity index (χ3n) is 3.04. The lowest BCUT2D eigenvalue weighted by Crippen LogP contribution is -2.17. The lowest BCUT2D eigenvalue weighted by atomic mass is 10.1. The predicted octanol–water partition coefficient (Wildman–Crippen LogP) is 2.07. The van der Waals surface area contributed by atoms with Crippen LogP contribution in [0.25, 0.3) is 0 Å². The molecule has 0 spiro atoms. The van der Waals surface area contributed by atoms with Gasteiger partial charge in [-0.15, -0.1) is 0 Å². The number of hydrogen-bond donors (Lipinski definition) is 1. The summed E-state index contributed by atoms with van der Waals surface area (Å²) in [5, 5.41) is 2.78. The highest BCUT2D eigenvalue weighted by molar-refractivity contribution is 6.02. The predicted molar refractivity (Wildman–Crippen MR) is 63.7 cm³/mol. The molecule has 0 aliphatic heterocycles. The highest BCUT2D eigenvalue weighted by Crippen LogP contribution is 2.38. The molecule has 1 aromatic rings. The van der Waals surface area contributed by atoms with Crippen molar-refractivity contribution in [1.82, 2.24) is 0 Å². The maximum absolute atomic E-state index is 11.8. The smallest absolute Gasteiger partial charge is 0.339 e. The first-order valence-electron chi connectivity index (χ1n) is 5.61. The van der Waals surface area contributed by atoms with E-state index in [9.17, 15) is 9.59 Å². The van der Waals surface area contributed by atoms with Gasteiger partial charge in [-0.25, -0.2) is 4.79 Å². The largest absolute Gasteiger partial charge is 0.465 e. The Morgan fingerprint density at radius 3 is 2.59 bits per heavy atom. The fourth-order valence-corrected chi connectivity index (χ4v) is 1.79. The van der Waals surface area contributed by atoms with Crippen molar-refractivity contribution in [2.75, 3.05) is 12.4 Å². The van der Waals surface area contributed by atoms with E-state index >= 15 is 0 Å². The molecule has 1 amide bonds. The van der Waals surface area contributed by atoms with E-state index in [2.05, 4.69) is 10.1 Å². The fourth-order valence-electron chi connectivity index (χ4n) is 1.79. The summed E-state index contributed by atoms with van der Waals surface area (Å²) in [6.07, 6.45) is 0.923. The second-order valence-electron chi connectivity index (χ2n) is 4.35. The van der Waals surface area contributed by atoms with E-state index in [0.717, 1.165) is 6.42 Å². The van der Waals surface area contributed by atoms with Gasteiger partial charge in [0, 0.05) is 5.92 Å². The van der Waals surface area contributed by atoms with Crippen molar-refractivity contribution < 1.29 is 14.3 Å². The zero-order valence-corrected chi connectivity index (χ0v) is 9.90. The van der Waals surface area contributed by atoms with Crippen LogP contribution in [0.1, 0.15) is 23.7 Å². The Morgan fingerprint density at radius 1 is 1.35 bits per heavy atom. The van der Waals surface area contributed by atoms with Crippen molar-refractivity contribution in [3.63, 3.8) is 0 Å². The van der Waals surface area contributed by atoms with E-state index in [4.69, 9.17) is 0 Å². The van der Waals surface area contributed by atoms with Crippen molar-refractivity contribution in [3.05, 3.63) is 29.8 Å². The Morgan fingerprint density at radius 2 is 2.00 bits per heavy atom. The van der Waals surface area contributed by atoms with Gasteiger partial charge in [0.05, 0.1) is 18.4 Å². The zero-order valence-electron chi connectivity index (χ0n) is 9.90. The van der Waals surface area contributed by atoms with E-state index in [1.165, 1.54) is 7.11 Å². The molecule has 1 N–H and O–H groups in total. The van der Waals surface area contributed by atoms with Crippen LogP contribution in [-0.4, -0.2) is 19.0 Å². The molecular formula is C13H15NO3. The van der Waals surface area contributed by atoms with Gasteiger partial charge in [-0.05, 0) is 24.5 Å². The number of para-hydroxylation sites is 1. The third kappa shape index (κ3) is 2.46. The summed E-state index contributed by atoms with van der Waals surface area (Å²) in [7, 11) is 1.32. The summed E-state index contributed by atoms with van der Waals surface area (Å²) in [6, 6.07) is 6.86. The van der Waals surface area contributed by atoms with Gasteiger partial charge in [0.1, 0.15) is 0 Å². The van der Waals surface area contributed by atoms with Crippen LogP contribution in [0.15, 0.2) is 24.3 Å². The molecule has 2 rings (SSSR count). The topological polar surface area (TPSA) is 55.4 Å². The molecule has 1 aliphatic rings. The summed E-state index contributed by atoms with van der Waals surface area (Å²) in [4.78, 5) is 23.3. The van der Waals surface area contributed by atoms with Crippen LogP contribution in [0.2, 0.25) is 0 Å². The second-order valence-corrected chi connectivity index (χ2v) is 4.35. The molecular weight excluding hydrogens is 218 g/mol. The molecule has 17 heavy (non-hydrogen) atoms. The number of hydrogen-bond acceptors (Lipinski definition) is 3. The molecule has 0 saturated heterocycles. The van der Waals surface area contributed by atoms with E-state index in [0.29, 0.717) is 17.2 Å². The van der Waals surface area contributed by atoms with Crippen LogP contribution in [0.3, 0.4) is 0 Å². The summed E-state index contributed by atoms with van der Waals surface area (Å²) in [5.41, 5.74) is 0.903. The van der Waals surface area contributed by atoms with Crippen LogP contribution < -0.4 is 5.32 Å². The number of methoxy groups -OCH3 is 1. The maximum Gasteiger partial charge on any atom is 0.339 e. The second kappa shape index (κ2) is 4.57. The molecule has 2 atom stereocenters. The summed E-state index contributed by atoms with van der Waals surface area (Å²) in [5.74, 6) is 0.0691. The minimum atomic E-state index is -0.440. The summed E-state index contributed by atoms with van der Waals surface area (Å²) < 4.78 is 4.67. The molecule has 90 valence electrons. The van der Waals surface area contributed by atoms with Crippen LogP contribution in [-0.2, 0) is 9.53 Å². The number of benzene rings is 1. The first kappa shape index (κ1) is 11.6. The molecule has 1 aromatic carbocycles. The van der Waals surface area contributed by atoms with Crippen molar-refractivity contribution in [2.24, 2.45) is 11.8 Å². The molecule has 1 aliphatic carbocycles. The molecule has 0 aromatic heterocycles. The first-order chi connectivity index (χ1) is 8.13. The van der Waals surface area contributed by atoms with E-state index in [-0.39, 0.29) is 11.8 Å². The van der Waals surface area contributed by atoms with Gasteiger partial charge < -0.3 is 10.1 Å². The zero-order chi connectivity index (χ0) is 12.4. The number of amides is 1. The third-order valence-corrected chi connectivity index (χ3v) is 3.04. The molecule has 0 heterocycles. The minimum Gasteiger partial charge on any atom is -0.465 e. The van der Waals surface area contributed by atoms with Crippen LogP contribution in [0.4, 0.5) is 5.69 Å². The molecule has 0 bridgehead atoms. The lowest BCUT2D eigenvalue weighted by molar-refractivity contribution is -0.117. The Balaban J connectivity index is 2.15. The number of rotatable bonds is 3. The molecule has 1 fully saturated rings. The van der Waals surface area contributed by atoms with Gasteiger partial charge in [0.15, 0.2) is 0 Å². The van der Waals surface area contributed by atoms with Crippen LogP contribution >= 0.6 is 0 Å². The number of carbonyl (C=O) groups excluding carboxylic acids is 2. The van der Waals surface area contributed by atoms with Crippen molar-refractivity contribution >= 4 is 17.6 Å². The van der Waals surface area contributed by atoms with Gasteiger partial charge in [-0.2, -0.15) is 0 Å². The SMILES string of the molecule is COC(=O)c1ccccc1NC(=O)[C@H]1C[C@H]1C. The van der Waals surface area contributed by atoms with Gasteiger partial charge >= 0.3 is 5.97 Å². The number of esters is 1. The van der Waals surface area contributed by atoms with Crippen LogP contribution in [0, 0.1) is 11.8 Å². The number of carbonyl (C=O) groups is 2. The maximum atomic E-state index is 11.8. The number of nitrogens with one attached hydrogen (secondary N) is 1. The monoisotopic (exact) mass is 233 g/mol. The minimum absolute atomic E-state index is 0.0196. The highest BCUT2D eigenvalue weighted by atomic mass is 16.5. The number of ether oxygens (including phenoxy) is 1. The van der Waals surface area contributed by atoms with Gasteiger partial charge in [-0.1, -0.05) is 19.1 Å². The van der Waals surface area contributed by atoms with E-state index < -0.39 is 5.97 Å². The highest BCUT2D eigenvalue weighted by Gasteiger charge is 2.39. The quantitative estimate of drug-likeness (QED) is 0.813. The van der Waals surface area contributed by atoms with Gasteiger partial charge in [0.25, 0.3) is 0 Å². The molecule has 4 heteroatoms. The molecule has 0 radical (unpaired) electrons. The van der Waals surface area contributed by atoms with Crippen molar-refractivity contribution in [3.8, 4) is 0 Å². The fraction of sp³-hybridized carbons (Fsp3) is 0.385. The average Bonchev–Trinajstić information content (AvgIpc) is 3.06. The Bertz CT molecular complexity index is 456. The molecule has 4 nitrogen and oxygen atoms in total. The number of anilines is 1.